The normalized spacial score (nSPS) is 13.0. The van der Waals surface area contributed by atoms with Gasteiger partial charge in [0.25, 0.3) is 0 Å². The predicted molar refractivity (Wildman–Crippen MR) is 77.4 cm³/mol. The molecule has 0 amide bonds. The fourth-order valence-corrected chi connectivity index (χ4v) is 1.93. The van der Waals surface area contributed by atoms with Crippen LogP contribution in [0.3, 0.4) is 0 Å². The van der Waals surface area contributed by atoms with E-state index in [1.54, 1.807) is 0 Å². The molecule has 1 nitrogen and oxygen atoms in total. The molecule has 0 unspecified atom stereocenters. The number of rotatable bonds is 6. The summed E-state index contributed by atoms with van der Waals surface area (Å²) in [6, 6.07) is 2.78. The van der Waals surface area contributed by atoms with Crippen LogP contribution in [0, 0.1) is 11.7 Å². The monoisotopic (exact) mass is 303 g/mol. The van der Waals surface area contributed by atoms with Gasteiger partial charge in [-0.25, -0.2) is 4.39 Å². The Kier molecular flexibility index (Phi) is 6.40. The van der Waals surface area contributed by atoms with Crippen LogP contribution in [0.4, 0.5) is 17.6 Å². The second-order valence-corrected chi connectivity index (χ2v) is 5.28. The highest BCUT2D eigenvalue weighted by molar-refractivity contribution is 5.58. The fraction of sp³-hybridized carbons (Fsp3) is 0.500. The van der Waals surface area contributed by atoms with Gasteiger partial charge in [0.05, 0.1) is 5.56 Å². The Labute approximate surface area is 123 Å². The van der Waals surface area contributed by atoms with Gasteiger partial charge < -0.3 is 5.32 Å². The molecule has 21 heavy (non-hydrogen) atoms. The number of nitrogens with one attached hydrogen (secondary N) is 1. The Morgan fingerprint density at radius 2 is 1.95 bits per heavy atom. The number of alkyl halides is 3. The molecule has 0 aliphatic carbocycles. The topological polar surface area (TPSA) is 12.0 Å². The maximum atomic E-state index is 13.1. The minimum absolute atomic E-state index is 0.00546. The first-order valence-electron chi connectivity index (χ1n) is 7.03. The van der Waals surface area contributed by atoms with Crippen molar-refractivity contribution in [1.29, 1.82) is 0 Å². The molecule has 0 fully saturated rings. The van der Waals surface area contributed by atoms with Crippen molar-refractivity contribution in [2.24, 2.45) is 5.92 Å². The smallest absolute Gasteiger partial charge is 0.313 e. The summed E-state index contributed by atoms with van der Waals surface area (Å²) < 4.78 is 52.0. The van der Waals surface area contributed by atoms with Crippen LogP contribution in [0.15, 0.2) is 23.8 Å². The molecule has 0 saturated heterocycles. The molecule has 1 aromatic carbocycles. The van der Waals surface area contributed by atoms with E-state index < -0.39 is 17.6 Å². The molecule has 0 aromatic heterocycles. The summed E-state index contributed by atoms with van der Waals surface area (Å²) in [5.41, 5.74) is -0.0670. The average molecular weight is 303 g/mol. The van der Waals surface area contributed by atoms with E-state index in [1.165, 1.54) is 12.1 Å². The van der Waals surface area contributed by atoms with Crippen molar-refractivity contribution in [3.05, 3.63) is 40.7 Å². The first-order valence-corrected chi connectivity index (χ1v) is 7.03. The van der Waals surface area contributed by atoms with Gasteiger partial charge >= 0.3 is 6.18 Å². The van der Waals surface area contributed by atoms with Gasteiger partial charge in [-0.1, -0.05) is 38.5 Å². The SMILES string of the molecule is CCCNC/C(=C/c1ccc(F)cc1C(F)(F)F)C(C)C. The molecular weight excluding hydrogens is 282 g/mol. The molecule has 0 aliphatic heterocycles. The molecule has 118 valence electrons. The molecule has 0 saturated carbocycles. The summed E-state index contributed by atoms with van der Waals surface area (Å²) in [7, 11) is 0. The highest BCUT2D eigenvalue weighted by Crippen LogP contribution is 2.34. The van der Waals surface area contributed by atoms with Gasteiger partial charge in [-0.15, -0.1) is 0 Å². The zero-order valence-electron chi connectivity index (χ0n) is 12.5. The number of halogens is 4. The lowest BCUT2D eigenvalue weighted by Gasteiger charge is -2.15. The third-order valence-corrected chi connectivity index (χ3v) is 3.16. The average Bonchev–Trinajstić information content (AvgIpc) is 2.38. The van der Waals surface area contributed by atoms with Crippen molar-refractivity contribution in [1.82, 2.24) is 5.32 Å². The van der Waals surface area contributed by atoms with Crippen molar-refractivity contribution in [3.63, 3.8) is 0 Å². The molecule has 1 N–H and O–H groups in total. The Balaban J connectivity index is 3.14. The van der Waals surface area contributed by atoms with Crippen LogP contribution < -0.4 is 5.32 Å². The van der Waals surface area contributed by atoms with E-state index >= 15 is 0 Å². The van der Waals surface area contributed by atoms with Gasteiger partial charge in [0.1, 0.15) is 5.82 Å². The maximum Gasteiger partial charge on any atom is 0.417 e. The van der Waals surface area contributed by atoms with Crippen LogP contribution in [0.5, 0.6) is 0 Å². The predicted octanol–water partition coefficient (Wildman–Crippen LogP) is 4.88. The van der Waals surface area contributed by atoms with Crippen LogP contribution in [-0.2, 0) is 6.18 Å². The fourth-order valence-electron chi connectivity index (χ4n) is 1.93. The van der Waals surface area contributed by atoms with Crippen molar-refractivity contribution < 1.29 is 17.6 Å². The van der Waals surface area contributed by atoms with Gasteiger partial charge in [-0.3, -0.25) is 0 Å². The number of benzene rings is 1. The Hall–Kier alpha value is -1.36. The Morgan fingerprint density at radius 3 is 2.48 bits per heavy atom. The van der Waals surface area contributed by atoms with Gasteiger partial charge in [-0.2, -0.15) is 13.2 Å². The molecule has 0 aliphatic rings. The van der Waals surface area contributed by atoms with Gasteiger partial charge in [0.15, 0.2) is 0 Å². The summed E-state index contributed by atoms with van der Waals surface area (Å²) in [5.74, 6) is -0.768. The maximum absolute atomic E-state index is 13.1. The summed E-state index contributed by atoms with van der Waals surface area (Å²) >= 11 is 0. The molecule has 0 heterocycles. The summed E-state index contributed by atoms with van der Waals surface area (Å²) in [5, 5.41) is 3.18. The van der Waals surface area contributed by atoms with Crippen molar-refractivity contribution in [3.8, 4) is 0 Å². The van der Waals surface area contributed by atoms with Crippen LogP contribution in [-0.4, -0.2) is 13.1 Å². The summed E-state index contributed by atoms with van der Waals surface area (Å²) in [6.07, 6.45) is -2.10. The van der Waals surface area contributed by atoms with Crippen LogP contribution >= 0.6 is 0 Å². The largest absolute Gasteiger partial charge is 0.417 e. The second-order valence-electron chi connectivity index (χ2n) is 5.28. The Bertz CT molecular complexity index is 490. The van der Waals surface area contributed by atoms with E-state index in [0.717, 1.165) is 24.6 Å². The lowest BCUT2D eigenvalue weighted by atomic mass is 9.97. The summed E-state index contributed by atoms with van der Waals surface area (Å²) in [4.78, 5) is 0. The zero-order chi connectivity index (χ0) is 16.0. The van der Waals surface area contributed by atoms with Crippen molar-refractivity contribution in [2.45, 2.75) is 33.4 Å². The molecule has 1 rings (SSSR count). The third-order valence-electron chi connectivity index (χ3n) is 3.16. The lowest BCUT2D eigenvalue weighted by molar-refractivity contribution is -0.137. The van der Waals surface area contributed by atoms with Crippen molar-refractivity contribution >= 4 is 6.08 Å². The second kappa shape index (κ2) is 7.59. The van der Waals surface area contributed by atoms with Crippen LogP contribution in [0.2, 0.25) is 0 Å². The van der Waals surface area contributed by atoms with Gasteiger partial charge in [-0.05, 0) is 36.6 Å². The molecule has 0 spiro atoms. The van der Waals surface area contributed by atoms with E-state index in [0.29, 0.717) is 12.6 Å². The summed E-state index contributed by atoms with van der Waals surface area (Å²) in [6.45, 7) is 7.21. The lowest BCUT2D eigenvalue weighted by Crippen LogP contribution is -2.20. The molecule has 5 heteroatoms. The third kappa shape index (κ3) is 5.50. The van der Waals surface area contributed by atoms with Gasteiger partial charge in [0, 0.05) is 6.54 Å². The minimum Gasteiger partial charge on any atom is -0.313 e. The van der Waals surface area contributed by atoms with Crippen LogP contribution in [0.1, 0.15) is 38.3 Å². The first-order chi connectivity index (χ1) is 9.75. The van der Waals surface area contributed by atoms with E-state index in [2.05, 4.69) is 5.32 Å². The molecule has 1 aromatic rings. The number of hydrogen-bond donors (Lipinski definition) is 1. The molecular formula is C16H21F4N. The van der Waals surface area contributed by atoms with Crippen LogP contribution in [0.25, 0.3) is 6.08 Å². The van der Waals surface area contributed by atoms with Crippen molar-refractivity contribution in [2.75, 3.05) is 13.1 Å². The molecule has 0 atom stereocenters. The van der Waals surface area contributed by atoms with E-state index in [4.69, 9.17) is 0 Å². The minimum atomic E-state index is -4.56. The highest BCUT2D eigenvalue weighted by Gasteiger charge is 2.33. The molecule has 0 radical (unpaired) electrons. The number of hydrogen-bond acceptors (Lipinski definition) is 1. The highest BCUT2D eigenvalue weighted by atomic mass is 19.4. The van der Waals surface area contributed by atoms with E-state index in [9.17, 15) is 17.6 Å². The standard InChI is InChI=1S/C16H21F4N/c1-4-7-21-10-13(11(2)3)8-12-5-6-14(17)9-15(12)16(18,19)20/h5-6,8-9,11,21H,4,7,10H2,1-3H3/b13-8-. The quantitative estimate of drug-likeness (QED) is 0.583. The molecule has 0 bridgehead atoms. The van der Waals surface area contributed by atoms with Gasteiger partial charge in [0.2, 0.25) is 0 Å². The van der Waals surface area contributed by atoms with E-state index in [1.807, 2.05) is 20.8 Å². The van der Waals surface area contributed by atoms with E-state index in [-0.39, 0.29) is 11.5 Å². The first kappa shape index (κ1) is 17.7. The Morgan fingerprint density at radius 1 is 1.29 bits per heavy atom. The zero-order valence-corrected chi connectivity index (χ0v) is 12.5.